The van der Waals surface area contributed by atoms with Crippen LogP contribution in [0.2, 0.25) is 0 Å². The molecule has 1 aliphatic rings. The predicted molar refractivity (Wildman–Crippen MR) is 56.4 cm³/mol. The quantitative estimate of drug-likeness (QED) is 0.767. The number of carbonyl (C=O) groups excluding carboxylic acids is 1. The van der Waals surface area contributed by atoms with Gasteiger partial charge in [0.15, 0.2) is 0 Å². The van der Waals surface area contributed by atoms with E-state index in [9.17, 15) is 9.59 Å². The van der Waals surface area contributed by atoms with E-state index >= 15 is 0 Å². The highest BCUT2D eigenvalue weighted by Gasteiger charge is 2.30. The Hall–Kier alpha value is -1.06. The molecule has 0 radical (unpaired) electrons. The summed E-state index contributed by atoms with van der Waals surface area (Å²) in [7, 11) is 0. The normalized spacial score (nSPS) is 22.8. The molecule has 1 rings (SSSR count). The standard InChI is InChI=1S/C11H19NO3/c1-3-8(2)6-10(13)12-5-4-9(7-12)11(14)15/h8-9H,3-7H2,1-2H3,(H,14,15). The lowest BCUT2D eigenvalue weighted by Crippen LogP contribution is -2.30. The molecule has 1 heterocycles. The molecule has 1 saturated heterocycles. The number of carbonyl (C=O) groups is 2. The first-order chi connectivity index (χ1) is 7.04. The molecule has 0 bridgehead atoms. The van der Waals surface area contributed by atoms with E-state index in [1.807, 2.05) is 6.92 Å². The highest BCUT2D eigenvalue weighted by Crippen LogP contribution is 2.19. The lowest BCUT2D eigenvalue weighted by atomic mass is 10.0. The number of carboxylic acid groups (broad SMARTS) is 1. The molecule has 2 unspecified atom stereocenters. The van der Waals surface area contributed by atoms with Gasteiger partial charge in [0.25, 0.3) is 0 Å². The van der Waals surface area contributed by atoms with Crippen molar-refractivity contribution < 1.29 is 14.7 Å². The van der Waals surface area contributed by atoms with Crippen LogP contribution in [0.3, 0.4) is 0 Å². The van der Waals surface area contributed by atoms with Gasteiger partial charge in [-0.1, -0.05) is 20.3 Å². The monoisotopic (exact) mass is 213 g/mol. The van der Waals surface area contributed by atoms with Crippen molar-refractivity contribution in [3.8, 4) is 0 Å². The van der Waals surface area contributed by atoms with Gasteiger partial charge in [0, 0.05) is 19.5 Å². The fourth-order valence-electron chi connectivity index (χ4n) is 1.76. The van der Waals surface area contributed by atoms with Gasteiger partial charge >= 0.3 is 5.97 Å². The zero-order chi connectivity index (χ0) is 11.4. The number of carboxylic acids is 1. The van der Waals surface area contributed by atoms with Crippen LogP contribution in [0, 0.1) is 11.8 Å². The van der Waals surface area contributed by atoms with Crippen LogP contribution in [0.4, 0.5) is 0 Å². The second-order valence-corrected chi connectivity index (χ2v) is 4.38. The van der Waals surface area contributed by atoms with Crippen LogP contribution in [-0.4, -0.2) is 35.0 Å². The first-order valence-electron chi connectivity index (χ1n) is 5.55. The molecule has 1 amide bonds. The molecule has 0 aliphatic carbocycles. The zero-order valence-corrected chi connectivity index (χ0v) is 9.40. The van der Waals surface area contributed by atoms with E-state index in [2.05, 4.69) is 6.92 Å². The Morgan fingerprint density at radius 2 is 2.20 bits per heavy atom. The fourth-order valence-corrected chi connectivity index (χ4v) is 1.76. The van der Waals surface area contributed by atoms with Gasteiger partial charge in [0.05, 0.1) is 5.92 Å². The molecule has 4 nitrogen and oxygen atoms in total. The lowest BCUT2D eigenvalue weighted by molar-refractivity contribution is -0.141. The van der Waals surface area contributed by atoms with Crippen molar-refractivity contribution in [2.75, 3.05) is 13.1 Å². The van der Waals surface area contributed by atoms with Crippen molar-refractivity contribution in [3.05, 3.63) is 0 Å². The molecule has 1 N–H and O–H groups in total. The van der Waals surface area contributed by atoms with Crippen molar-refractivity contribution in [2.45, 2.75) is 33.1 Å². The average molecular weight is 213 g/mol. The van der Waals surface area contributed by atoms with E-state index < -0.39 is 5.97 Å². The van der Waals surface area contributed by atoms with Gasteiger partial charge in [0.2, 0.25) is 5.91 Å². The Labute approximate surface area is 90.3 Å². The van der Waals surface area contributed by atoms with Crippen molar-refractivity contribution in [2.24, 2.45) is 11.8 Å². The summed E-state index contributed by atoms with van der Waals surface area (Å²) >= 11 is 0. The van der Waals surface area contributed by atoms with Crippen molar-refractivity contribution in [1.29, 1.82) is 0 Å². The molecule has 0 saturated carbocycles. The Kier molecular flexibility index (Phi) is 4.12. The van der Waals surface area contributed by atoms with E-state index in [0.29, 0.717) is 31.8 Å². The van der Waals surface area contributed by atoms with Gasteiger partial charge < -0.3 is 10.0 Å². The molecular formula is C11H19NO3. The van der Waals surface area contributed by atoms with Crippen LogP contribution in [0.25, 0.3) is 0 Å². The summed E-state index contributed by atoms with van der Waals surface area (Å²) in [5.74, 6) is -0.644. The number of rotatable bonds is 4. The van der Waals surface area contributed by atoms with Crippen molar-refractivity contribution in [1.82, 2.24) is 4.90 Å². The molecule has 4 heteroatoms. The molecule has 0 aromatic heterocycles. The maximum absolute atomic E-state index is 11.7. The topological polar surface area (TPSA) is 57.6 Å². The van der Waals surface area contributed by atoms with Crippen LogP contribution < -0.4 is 0 Å². The Balaban J connectivity index is 2.40. The van der Waals surface area contributed by atoms with Gasteiger partial charge in [-0.15, -0.1) is 0 Å². The molecule has 0 spiro atoms. The third-order valence-corrected chi connectivity index (χ3v) is 3.11. The van der Waals surface area contributed by atoms with Crippen molar-refractivity contribution >= 4 is 11.9 Å². The average Bonchev–Trinajstić information content (AvgIpc) is 2.66. The lowest BCUT2D eigenvalue weighted by Gasteiger charge is -2.17. The van der Waals surface area contributed by atoms with Crippen LogP contribution in [-0.2, 0) is 9.59 Å². The maximum Gasteiger partial charge on any atom is 0.308 e. The predicted octanol–water partition coefficient (Wildman–Crippen LogP) is 1.36. The second-order valence-electron chi connectivity index (χ2n) is 4.38. The number of hydrogen-bond acceptors (Lipinski definition) is 2. The minimum atomic E-state index is -0.783. The van der Waals surface area contributed by atoms with E-state index in [-0.39, 0.29) is 11.8 Å². The van der Waals surface area contributed by atoms with E-state index in [1.54, 1.807) is 4.90 Å². The first-order valence-corrected chi connectivity index (χ1v) is 5.55. The SMILES string of the molecule is CCC(C)CC(=O)N1CCC(C(=O)O)C1. The molecule has 0 aromatic carbocycles. The molecule has 0 aromatic rings. The first kappa shape index (κ1) is 12.0. The number of nitrogens with zero attached hydrogens (tertiary/aromatic N) is 1. The summed E-state index contributed by atoms with van der Waals surface area (Å²) in [4.78, 5) is 24.1. The summed E-state index contributed by atoms with van der Waals surface area (Å²) in [6, 6.07) is 0. The molecule has 86 valence electrons. The maximum atomic E-state index is 11.7. The summed E-state index contributed by atoms with van der Waals surface area (Å²) in [6.45, 7) is 5.10. The molecule has 1 fully saturated rings. The third-order valence-electron chi connectivity index (χ3n) is 3.11. The Morgan fingerprint density at radius 1 is 1.53 bits per heavy atom. The van der Waals surface area contributed by atoms with Gasteiger partial charge in [0.1, 0.15) is 0 Å². The highest BCUT2D eigenvalue weighted by atomic mass is 16.4. The van der Waals surface area contributed by atoms with Crippen molar-refractivity contribution in [3.63, 3.8) is 0 Å². The van der Waals surface area contributed by atoms with Gasteiger partial charge in [-0.25, -0.2) is 0 Å². The molecular weight excluding hydrogens is 194 g/mol. The summed E-state index contributed by atoms with van der Waals surface area (Å²) in [6.07, 6.45) is 2.13. The summed E-state index contributed by atoms with van der Waals surface area (Å²) in [5.41, 5.74) is 0. The number of hydrogen-bond donors (Lipinski definition) is 1. The molecule has 1 aliphatic heterocycles. The number of likely N-dealkylation sites (tertiary alicyclic amines) is 1. The molecule has 15 heavy (non-hydrogen) atoms. The van der Waals surface area contributed by atoms with E-state index in [4.69, 9.17) is 5.11 Å². The van der Waals surface area contributed by atoms with Crippen LogP contribution in [0.1, 0.15) is 33.1 Å². The van der Waals surface area contributed by atoms with Crippen LogP contribution in [0.5, 0.6) is 0 Å². The smallest absolute Gasteiger partial charge is 0.308 e. The van der Waals surface area contributed by atoms with Crippen LogP contribution >= 0.6 is 0 Å². The zero-order valence-electron chi connectivity index (χ0n) is 9.40. The minimum absolute atomic E-state index is 0.105. The van der Waals surface area contributed by atoms with Gasteiger partial charge in [-0.2, -0.15) is 0 Å². The number of aliphatic carboxylic acids is 1. The minimum Gasteiger partial charge on any atom is -0.481 e. The summed E-state index contributed by atoms with van der Waals surface area (Å²) in [5, 5.41) is 8.80. The number of amides is 1. The van der Waals surface area contributed by atoms with Gasteiger partial charge in [-0.3, -0.25) is 9.59 Å². The second kappa shape index (κ2) is 5.14. The third kappa shape index (κ3) is 3.22. The highest BCUT2D eigenvalue weighted by molar-refractivity contribution is 5.78. The molecule has 2 atom stereocenters. The van der Waals surface area contributed by atoms with Crippen LogP contribution in [0.15, 0.2) is 0 Å². The van der Waals surface area contributed by atoms with Gasteiger partial charge in [-0.05, 0) is 12.3 Å². The Bertz CT molecular complexity index is 252. The largest absolute Gasteiger partial charge is 0.481 e. The fraction of sp³-hybridized carbons (Fsp3) is 0.818. The Morgan fingerprint density at radius 3 is 2.67 bits per heavy atom. The van der Waals surface area contributed by atoms with E-state index in [0.717, 1.165) is 6.42 Å². The van der Waals surface area contributed by atoms with E-state index in [1.165, 1.54) is 0 Å². The summed E-state index contributed by atoms with van der Waals surface area (Å²) < 4.78 is 0.